The second-order valence-corrected chi connectivity index (χ2v) is 7.37. The first-order valence-corrected chi connectivity index (χ1v) is 7.96. The molecule has 1 aliphatic carbocycles. The Labute approximate surface area is 120 Å². The Balaban J connectivity index is 1.95. The van der Waals surface area contributed by atoms with Gasteiger partial charge in [-0.3, -0.25) is 0 Å². The quantitative estimate of drug-likeness (QED) is 0.861. The summed E-state index contributed by atoms with van der Waals surface area (Å²) >= 11 is 5.24. The summed E-state index contributed by atoms with van der Waals surface area (Å²) in [4.78, 5) is 1.23. The fraction of sp³-hybridized carbons (Fsp3) is 0.333. The number of hydrogen-bond acceptors (Lipinski definition) is 2. The summed E-state index contributed by atoms with van der Waals surface area (Å²) in [5.74, 6) is 0.732. The molecule has 1 unspecified atom stereocenters. The van der Waals surface area contributed by atoms with Gasteiger partial charge in [-0.1, -0.05) is 30.7 Å². The van der Waals surface area contributed by atoms with Crippen molar-refractivity contribution in [3.63, 3.8) is 0 Å². The molecule has 0 saturated heterocycles. The van der Waals surface area contributed by atoms with Crippen LogP contribution in [0.4, 0.5) is 0 Å². The van der Waals surface area contributed by atoms with Crippen molar-refractivity contribution in [1.29, 1.82) is 0 Å². The highest BCUT2D eigenvalue weighted by atomic mass is 79.9. The van der Waals surface area contributed by atoms with Crippen LogP contribution in [0.25, 0.3) is 0 Å². The van der Waals surface area contributed by atoms with Crippen molar-refractivity contribution >= 4 is 27.3 Å². The van der Waals surface area contributed by atoms with Gasteiger partial charge >= 0.3 is 0 Å². The van der Waals surface area contributed by atoms with Gasteiger partial charge in [-0.15, -0.1) is 11.3 Å². The predicted molar refractivity (Wildman–Crippen MR) is 81.1 cm³/mol. The van der Waals surface area contributed by atoms with Gasteiger partial charge in [0.25, 0.3) is 0 Å². The molecule has 1 atom stereocenters. The summed E-state index contributed by atoms with van der Waals surface area (Å²) in [5.41, 5.74) is 9.20. The maximum absolute atomic E-state index is 6.44. The van der Waals surface area contributed by atoms with E-state index in [0.717, 1.165) is 9.70 Å². The van der Waals surface area contributed by atoms with Gasteiger partial charge in [0.1, 0.15) is 0 Å². The molecule has 3 heteroatoms. The number of hydrogen-bond donors (Lipinski definition) is 1. The SMILES string of the molecule is NC(c1ccc(Br)s1)c1ccccc1C1CCC1. The molecule has 1 aromatic carbocycles. The lowest BCUT2D eigenvalue weighted by molar-refractivity contribution is 0.416. The molecule has 1 aliphatic rings. The summed E-state index contributed by atoms with van der Waals surface area (Å²) in [7, 11) is 0. The zero-order valence-corrected chi connectivity index (χ0v) is 12.5. The van der Waals surface area contributed by atoms with E-state index in [9.17, 15) is 0 Å². The molecule has 1 nitrogen and oxygen atoms in total. The summed E-state index contributed by atoms with van der Waals surface area (Å²) in [6, 6.07) is 12.9. The second-order valence-electron chi connectivity index (χ2n) is 4.88. The van der Waals surface area contributed by atoms with E-state index in [4.69, 9.17) is 5.73 Å². The summed E-state index contributed by atoms with van der Waals surface area (Å²) in [5, 5.41) is 0. The Morgan fingerprint density at radius 3 is 2.56 bits per heavy atom. The van der Waals surface area contributed by atoms with E-state index in [2.05, 4.69) is 52.3 Å². The molecule has 0 spiro atoms. The fourth-order valence-electron chi connectivity index (χ4n) is 2.53. The van der Waals surface area contributed by atoms with E-state index in [1.165, 1.54) is 35.3 Å². The highest BCUT2D eigenvalue weighted by molar-refractivity contribution is 9.11. The van der Waals surface area contributed by atoms with E-state index in [1.807, 2.05) is 0 Å². The smallest absolute Gasteiger partial charge is 0.0702 e. The topological polar surface area (TPSA) is 26.0 Å². The van der Waals surface area contributed by atoms with Crippen molar-refractivity contribution < 1.29 is 0 Å². The van der Waals surface area contributed by atoms with Crippen molar-refractivity contribution in [1.82, 2.24) is 0 Å². The van der Waals surface area contributed by atoms with Gasteiger partial charge in [0.2, 0.25) is 0 Å². The zero-order chi connectivity index (χ0) is 12.5. The number of benzene rings is 1. The molecule has 1 fully saturated rings. The van der Waals surface area contributed by atoms with Gasteiger partial charge in [0, 0.05) is 4.88 Å². The van der Waals surface area contributed by atoms with Crippen LogP contribution in [0.2, 0.25) is 0 Å². The van der Waals surface area contributed by atoms with Gasteiger partial charge in [-0.2, -0.15) is 0 Å². The molecule has 0 amide bonds. The molecular formula is C15H16BrNS. The van der Waals surface area contributed by atoms with E-state index in [-0.39, 0.29) is 6.04 Å². The molecule has 0 aliphatic heterocycles. The monoisotopic (exact) mass is 321 g/mol. The first-order chi connectivity index (χ1) is 8.75. The van der Waals surface area contributed by atoms with Crippen LogP contribution >= 0.6 is 27.3 Å². The summed E-state index contributed by atoms with van der Waals surface area (Å²) in [6.45, 7) is 0. The molecule has 0 bridgehead atoms. The van der Waals surface area contributed by atoms with Crippen LogP contribution in [0.3, 0.4) is 0 Å². The Bertz CT molecular complexity index is 545. The Morgan fingerprint density at radius 1 is 1.17 bits per heavy atom. The molecular weight excluding hydrogens is 306 g/mol. The third-order valence-electron chi connectivity index (χ3n) is 3.78. The molecule has 1 aromatic heterocycles. The highest BCUT2D eigenvalue weighted by Gasteiger charge is 2.24. The van der Waals surface area contributed by atoms with E-state index in [0.29, 0.717) is 0 Å². The Kier molecular flexibility index (Phi) is 3.55. The molecule has 0 radical (unpaired) electrons. The van der Waals surface area contributed by atoms with Gasteiger partial charge in [0.15, 0.2) is 0 Å². The fourth-order valence-corrected chi connectivity index (χ4v) is 3.98. The average molecular weight is 322 g/mol. The van der Waals surface area contributed by atoms with Crippen LogP contribution in [0.1, 0.15) is 47.2 Å². The highest BCUT2D eigenvalue weighted by Crippen LogP contribution is 2.41. The lowest BCUT2D eigenvalue weighted by Gasteiger charge is -2.29. The lowest BCUT2D eigenvalue weighted by Crippen LogP contribution is -2.17. The second kappa shape index (κ2) is 5.16. The van der Waals surface area contributed by atoms with Crippen LogP contribution in [0, 0.1) is 0 Å². The molecule has 1 saturated carbocycles. The van der Waals surface area contributed by atoms with Crippen molar-refractivity contribution in [3.05, 3.63) is 56.2 Å². The third kappa shape index (κ3) is 2.27. The van der Waals surface area contributed by atoms with Crippen LogP contribution in [-0.4, -0.2) is 0 Å². The number of halogens is 1. The van der Waals surface area contributed by atoms with Gasteiger partial charge in [-0.25, -0.2) is 0 Å². The average Bonchev–Trinajstić information content (AvgIpc) is 2.74. The summed E-state index contributed by atoms with van der Waals surface area (Å²) in [6.07, 6.45) is 3.99. The minimum Gasteiger partial charge on any atom is -0.320 e. The number of rotatable bonds is 3. The normalized spacial score (nSPS) is 17.4. The molecule has 18 heavy (non-hydrogen) atoms. The first kappa shape index (κ1) is 12.4. The van der Waals surface area contributed by atoms with Crippen molar-refractivity contribution in [2.75, 3.05) is 0 Å². The predicted octanol–water partition coefficient (Wildman–Crippen LogP) is 4.83. The third-order valence-corrected chi connectivity index (χ3v) is 5.48. The van der Waals surface area contributed by atoms with Crippen molar-refractivity contribution in [3.8, 4) is 0 Å². The Hall–Kier alpha value is -0.640. The number of thiophene rings is 1. The molecule has 2 aromatic rings. The van der Waals surface area contributed by atoms with E-state index < -0.39 is 0 Å². The van der Waals surface area contributed by atoms with Crippen LogP contribution in [0.5, 0.6) is 0 Å². The largest absolute Gasteiger partial charge is 0.320 e. The minimum absolute atomic E-state index is 0.0121. The first-order valence-electron chi connectivity index (χ1n) is 6.35. The Morgan fingerprint density at radius 2 is 1.94 bits per heavy atom. The van der Waals surface area contributed by atoms with Crippen LogP contribution in [-0.2, 0) is 0 Å². The van der Waals surface area contributed by atoms with Gasteiger partial charge in [0.05, 0.1) is 9.83 Å². The van der Waals surface area contributed by atoms with Gasteiger partial charge < -0.3 is 5.73 Å². The van der Waals surface area contributed by atoms with Crippen LogP contribution in [0.15, 0.2) is 40.2 Å². The standard InChI is InChI=1S/C15H16BrNS/c16-14-9-8-13(18-14)15(17)12-7-2-1-6-11(12)10-4-3-5-10/h1-2,6-10,15H,3-5,17H2. The molecule has 94 valence electrons. The van der Waals surface area contributed by atoms with Crippen LogP contribution < -0.4 is 5.73 Å². The molecule has 3 rings (SSSR count). The van der Waals surface area contributed by atoms with Gasteiger partial charge in [-0.05, 0) is 57.9 Å². The van der Waals surface area contributed by atoms with Crippen molar-refractivity contribution in [2.24, 2.45) is 5.73 Å². The maximum Gasteiger partial charge on any atom is 0.0702 e. The zero-order valence-electron chi connectivity index (χ0n) is 10.1. The lowest BCUT2D eigenvalue weighted by atomic mass is 9.77. The minimum atomic E-state index is 0.0121. The number of nitrogens with two attached hydrogens (primary N) is 1. The molecule has 1 heterocycles. The maximum atomic E-state index is 6.44. The van der Waals surface area contributed by atoms with E-state index in [1.54, 1.807) is 11.3 Å². The molecule has 2 N–H and O–H groups in total. The van der Waals surface area contributed by atoms with E-state index >= 15 is 0 Å². The summed E-state index contributed by atoms with van der Waals surface area (Å²) < 4.78 is 1.15. The van der Waals surface area contributed by atoms with Crippen molar-refractivity contribution in [2.45, 2.75) is 31.2 Å².